The van der Waals surface area contributed by atoms with Crippen LogP contribution in [0.2, 0.25) is 5.02 Å². The molecule has 1 aromatic carbocycles. The third kappa shape index (κ3) is 1.38. The maximum Gasteiger partial charge on any atom is 0.151 e. The van der Waals surface area contributed by atoms with Crippen molar-refractivity contribution in [2.75, 3.05) is 18.6 Å². The Kier molecular flexibility index (Phi) is 2.22. The van der Waals surface area contributed by atoms with Crippen LogP contribution < -0.4 is 9.64 Å². The largest absolute Gasteiger partial charge is 0.488 e. The predicted octanol–water partition coefficient (Wildman–Crippen LogP) is 2.06. The molecule has 0 saturated carbocycles. The van der Waals surface area contributed by atoms with Crippen molar-refractivity contribution in [1.29, 1.82) is 5.26 Å². The van der Waals surface area contributed by atoms with E-state index in [-0.39, 0.29) is 6.04 Å². The fourth-order valence-electron chi connectivity index (χ4n) is 1.46. The van der Waals surface area contributed by atoms with Gasteiger partial charge in [0.1, 0.15) is 12.4 Å². The van der Waals surface area contributed by atoms with Gasteiger partial charge in [-0.3, -0.25) is 0 Å². The van der Waals surface area contributed by atoms with E-state index in [1.54, 1.807) is 12.1 Å². The average Bonchev–Trinajstić information content (AvgIpc) is 2.20. The van der Waals surface area contributed by atoms with E-state index in [0.717, 1.165) is 11.4 Å². The molecule has 1 aliphatic rings. The second kappa shape index (κ2) is 3.39. The van der Waals surface area contributed by atoms with Gasteiger partial charge in [-0.2, -0.15) is 5.26 Å². The molecule has 1 atom stereocenters. The van der Waals surface area contributed by atoms with Crippen LogP contribution >= 0.6 is 11.6 Å². The molecule has 0 amide bonds. The highest BCUT2D eigenvalue weighted by Crippen LogP contribution is 2.34. The molecule has 72 valence electrons. The predicted molar refractivity (Wildman–Crippen MR) is 54.8 cm³/mol. The minimum atomic E-state index is -0.235. The minimum absolute atomic E-state index is 0.235. The van der Waals surface area contributed by atoms with E-state index in [9.17, 15) is 0 Å². The highest BCUT2D eigenvalue weighted by molar-refractivity contribution is 6.30. The first-order chi connectivity index (χ1) is 6.72. The topological polar surface area (TPSA) is 36.3 Å². The Hall–Kier alpha value is -1.40. The second-order valence-corrected chi connectivity index (χ2v) is 3.62. The van der Waals surface area contributed by atoms with E-state index in [1.807, 2.05) is 18.0 Å². The van der Waals surface area contributed by atoms with Crippen LogP contribution in [0.25, 0.3) is 0 Å². The van der Waals surface area contributed by atoms with Gasteiger partial charge in [-0.25, -0.2) is 0 Å². The second-order valence-electron chi connectivity index (χ2n) is 3.18. The summed E-state index contributed by atoms with van der Waals surface area (Å²) >= 11 is 5.87. The van der Waals surface area contributed by atoms with Gasteiger partial charge >= 0.3 is 0 Å². The van der Waals surface area contributed by atoms with Crippen LogP contribution in [0, 0.1) is 11.3 Å². The molecule has 4 heteroatoms. The smallest absolute Gasteiger partial charge is 0.151 e. The molecule has 1 heterocycles. The molecule has 0 aromatic heterocycles. The first-order valence-corrected chi connectivity index (χ1v) is 4.65. The molecule has 0 aliphatic carbocycles. The molecule has 0 bridgehead atoms. The monoisotopic (exact) mass is 208 g/mol. The van der Waals surface area contributed by atoms with Crippen molar-refractivity contribution in [3.63, 3.8) is 0 Å². The van der Waals surface area contributed by atoms with Gasteiger partial charge in [0.15, 0.2) is 6.04 Å². The van der Waals surface area contributed by atoms with Crippen molar-refractivity contribution in [3.8, 4) is 11.8 Å². The van der Waals surface area contributed by atoms with Gasteiger partial charge in [0, 0.05) is 12.1 Å². The molecule has 0 N–H and O–H groups in total. The third-order valence-electron chi connectivity index (χ3n) is 2.31. The molecule has 14 heavy (non-hydrogen) atoms. The molecular formula is C10H9ClN2O. The Morgan fingerprint density at radius 3 is 3.14 bits per heavy atom. The van der Waals surface area contributed by atoms with Gasteiger partial charge in [-0.05, 0) is 18.2 Å². The van der Waals surface area contributed by atoms with Crippen LogP contribution in [0.5, 0.6) is 5.75 Å². The van der Waals surface area contributed by atoms with Crippen LogP contribution in [0.15, 0.2) is 18.2 Å². The first kappa shape index (κ1) is 9.17. The molecule has 0 fully saturated rings. The first-order valence-electron chi connectivity index (χ1n) is 4.27. The summed E-state index contributed by atoms with van der Waals surface area (Å²) in [5, 5.41) is 9.50. The summed E-state index contributed by atoms with van der Waals surface area (Å²) in [6.45, 7) is 0.404. The van der Waals surface area contributed by atoms with Gasteiger partial charge in [-0.15, -0.1) is 0 Å². The van der Waals surface area contributed by atoms with E-state index in [4.69, 9.17) is 21.6 Å². The van der Waals surface area contributed by atoms with Crippen LogP contribution in [-0.2, 0) is 0 Å². The number of anilines is 1. The fraction of sp³-hybridized carbons (Fsp3) is 0.300. The summed E-state index contributed by atoms with van der Waals surface area (Å²) in [6, 6.07) is 7.34. The molecule has 1 unspecified atom stereocenters. The van der Waals surface area contributed by atoms with Crippen molar-refractivity contribution in [1.82, 2.24) is 0 Å². The molecule has 3 nitrogen and oxygen atoms in total. The van der Waals surface area contributed by atoms with Crippen molar-refractivity contribution in [2.45, 2.75) is 6.04 Å². The van der Waals surface area contributed by atoms with E-state index in [1.165, 1.54) is 0 Å². The lowest BCUT2D eigenvalue weighted by molar-refractivity contribution is 0.289. The van der Waals surface area contributed by atoms with Gasteiger partial charge < -0.3 is 9.64 Å². The lowest BCUT2D eigenvalue weighted by Gasteiger charge is -2.31. The van der Waals surface area contributed by atoms with Crippen LogP contribution in [0.1, 0.15) is 0 Å². The molecule has 0 spiro atoms. The molecule has 0 saturated heterocycles. The normalized spacial score (nSPS) is 19.5. The van der Waals surface area contributed by atoms with Crippen molar-refractivity contribution >= 4 is 17.3 Å². The number of likely N-dealkylation sites (N-methyl/N-ethyl adjacent to an activating group) is 1. The summed E-state index contributed by atoms with van der Waals surface area (Å²) in [6.07, 6.45) is 0. The summed E-state index contributed by atoms with van der Waals surface area (Å²) in [5.74, 6) is 0.781. The number of nitriles is 1. The Labute approximate surface area is 87.5 Å². The number of halogens is 1. The maximum atomic E-state index is 8.85. The number of hydrogen-bond donors (Lipinski definition) is 0. The van der Waals surface area contributed by atoms with Crippen molar-refractivity contribution < 1.29 is 4.74 Å². The molecule has 1 aromatic rings. The quantitative estimate of drug-likeness (QED) is 0.655. The number of fused-ring (bicyclic) bond motifs is 1. The number of hydrogen-bond acceptors (Lipinski definition) is 3. The summed E-state index contributed by atoms with van der Waals surface area (Å²) in [5.41, 5.74) is 0.871. The van der Waals surface area contributed by atoms with Crippen molar-refractivity contribution in [2.24, 2.45) is 0 Å². The van der Waals surface area contributed by atoms with Gasteiger partial charge in [0.25, 0.3) is 0 Å². The highest BCUT2D eigenvalue weighted by Gasteiger charge is 2.24. The Bertz CT molecular complexity index is 400. The zero-order chi connectivity index (χ0) is 10.1. The molecule has 1 aliphatic heterocycles. The molecule has 2 rings (SSSR count). The van der Waals surface area contributed by atoms with Crippen LogP contribution in [-0.4, -0.2) is 19.7 Å². The SMILES string of the molecule is CN1c2cc(Cl)ccc2OCC1C#N. The Balaban J connectivity index is 2.44. The van der Waals surface area contributed by atoms with Crippen LogP contribution in [0.4, 0.5) is 5.69 Å². The maximum absolute atomic E-state index is 8.85. The van der Waals surface area contributed by atoms with Crippen molar-refractivity contribution in [3.05, 3.63) is 23.2 Å². The van der Waals surface area contributed by atoms with Crippen LogP contribution in [0.3, 0.4) is 0 Å². The fourth-order valence-corrected chi connectivity index (χ4v) is 1.63. The number of benzene rings is 1. The third-order valence-corrected chi connectivity index (χ3v) is 2.55. The average molecular weight is 209 g/mol. The zero-order valence-electron chi connectivity index (χ0n) is 7.70. The Morgan fingerprint density at radius 2 is 2.43 bits per heavy atom. The number of nitrogens with zero attached hydrogens (tertiary/aromatic N) is 2. The molecular weight excluding hydrogens is 200 g/mol. The van der Waals surface area contributed by atoms with Gasteiger partial charge in [-0.1, -0.05) is 11.6 Å². The zero-order valence-corrected chi connectivity index (χ0v) is 8.45. The summed E-state index contributed by atoms with van der Waals surface area (Å²) in [4.78, 5) is 1.88. The molecule has 0 radical (unpaired) electrons. The summed E-state index contributed by atoms with van der Waals surface area (Å²) < 4.78 is 5.43. The van der Waals surface area contributed by atoms with Gasteiger partial charge in [0.05, 0.1) is 11.8 Å². The Morgan fingerprint density at radius 1 is 1.64 bits per heavy atom. The van der Waals surface area contributed by atoms with E-state index < -0.39 is 0 Å². The standard InChI is InChI=1S/C10H9ClN2O/c1-13-8(5-12)6-14-10-3-2-7(11)4-9(10)13/h2-4,8H,6H2,1H3. The van der Waals surface area contributed by atoms with E-state index in [0.29, 0.717) is 11.6 Å². The van der Waals surface area contributed by atoms with E-state index in [2.05, 4.69) is 6.07 Å². The van der Waals surface area contributed by atoms with Gasteiger partial charge in [0.2, 0.25) is 0 Å². The minimum Gasteiger partial charge on any atom is -0.488 e. The lowest BCUT2D eigenvalue weighted by Crippen LogP contribution is -2.39. The lowest BCUT2D eigenvalue weighted by atomic mass is 10.2. The number of ether oxygens (including phenoxy) is 1. The summed E-state index contributed by atoms with van der Waals surface area (Å²) in [7, 11) is 1.87. The highest BCUT2D eigenvalue weighted by atomic mass is 35.5. The number of rotatable bonds is 0. The van der Waals surface area contributed by atoms with E-state index >= 15 is 0 Å².